The van der Waals surface area contributed by atoms with Gasteiger partial charge in [-0.1, -0.05) is 45.9 Å². The fraction of sp³-hybridized carbons (Fsp3) is 0.465. The number of amides is 1. The first-order valence-corrected chi connectivity index (χ1v) is 19.1. The Bertz CT molecular complexity index is 2130. The quantitative estimate of drug-likeness (QED) is 0.294. The molecule has 0 saturated carbocycles. The molecule has 1 aromatic rings. The number of aliphatic hydroxyl groups is 2. The number of esters is 1. The molecule has 57 heavy (non-hydrogen) atoms. The summed E-state index contributed by atoms with van der Waals surface area (Å²) in [5.74, 6) is -6.83. The van der Waals surface area contributed by atoms with Gasteiger partial charge in [0.05, 0.1) is 41.4 Å². The van der Waals surface area contributed by atoms with E-state index in [-0.39, 0.29) is 39.3 Å². The molecule has 1 aliphatic carbocycles. The second kappa shape index (κ2) is 15.6. The number of aliphatic imine (C=N–C) groups is 1. The Balaban J connectivity index is 1.51. The van der Waals surface area contributed by atoms with Crippen molar-refractivity contribution in [3.8, 4) is 11.5 Å². The molecule has 5 bridgehead atoms. The van der Waals surface area contributed by atoms with E-state index < -0.39 is 89.1 Å². The summed E-state index contributed by atoms with van der Waals surface area (Å²) in [4.78, 5) is 61.9. The number of hydrogen-bond acceptors (Lipinski definition) is 13. The Kier molecular flexibility index (Phi) is 11.3. The maximum atomic E-state index is 14.6. The van der Waals surface area contributed by atoms with Crippen LogP contribution in [0.1, 0.15) is 93.3 Å². The molecule has 5 aliphatic rings. The van der Waals surface area contributed by atoms with E-state index in [1.165, 1.54) is 46.3 Å². The summed E-state index contributed by atoms with van der Waals surface area (Å²) in [5, 5.41) is 37.3. The van der Waals surface area contributed by atoms with Crippen LogP contribution in [0, 0.1) is 30.6 Å². The second-order valence-corrected chi connectivity index (χ2v) is 15.7. The third kappa shape index (κ3) is 7.14. The number of ether oxygens (including phenoxy) is 4. The number of carbonyl (C=O) groups excluding carboxylic acids is 4. The second-order valence-electron chi connectivity index (χ2n) is 15.7. The summed E-state index contributed by atoms with van der Waals surface area (Å²) in [6.07, 6.45) is 9.19. The molecule has 0 fully saturated rings. The van der Waals surface area contributed by atoms with Crippen molar-refractivity contribution in [3.05, 3.63) is 93.7 Å². The zero-order valence-corrected chi connectivity index (χ0v) is 33.8. The van der Waals surface area contributed by atoms with Crippen LogP contribution in [0.4, 0.5) is 0 Å². The molecule has 6 rings (SSSR count). The topological polar surface area (TPSA) is 194 Å². The molecule has 0 aromatic heterocycles. The summed E-state index contributed by atoms with van der Waals surface area (Å²) in [6, 6.07) is -1.01. The minimum Gasteiger partial charge on any atom is -0.507 e. The average molecular weight is 786 g/mol. The maximum Gasteiger partial charge on any atom is 0.312 e. The normalized spacial score (nSPS) is 34.9. The summed E-state index contributed by atoms with van der Waals surface area (Å²) >= 11 is 0. The lowest BCUT2D eigenvalue weighted by Crippen LogP contribution is -2.46. The van der Waals surface area contributed by atoms with E-state index >= 15 is 0 Å². The van der Waals surface area contributed by atoms with Gasteiger partial charge in [0.1, 0.15) is 35.2 Å². The van der Waals surface area contributed by atoms with Gasteiger partial charge >= 0.3 is 11.8 Å². The predicted octanol–water partition coefficient (Wildman–Crippen LogP) is 5.00. The Morgan fingerprint density at radius 2 is 1.70 bits per heavy atom. The van der Waals surface area contributed by atoms with E-state index in [0.717, 1.165) is 5.57 Å². The molecule has 14 nitrogen and oxygen atoms in total. The molecule has 0 spiro atoms. The highest BCUT2D eigenvalue weighted by Gasteiger charge is 2.54. The van der Waals surface area contributed by atoms with Crippen molar-refractivity contribution < 1.29 is 53.4 Å². The number of aliphatic hydroxyl groups excluding tert-OH is 2. The fourth-order valence-corrected chi connectivity index (χ4v) is 8.22. The number of amidine groups is 1. The molecular weight excluding hydrogens is 734 g/mol. The Morgan fingerprint density at radius 3 is 2.37 bits per heavy atom. The molecule has 1 amide bonds. The predicted molar refractivity (Wildman–Crippen MR) is 209 cm³/mol. The minimum atomic E-state index is -1.96. The zero-order valence-electron chi connectivity index (χ0n) is 33.8. The highest BCUT2D eigenvalue weighted by Crippen LogP contribution is 2.54. The van der Waals surface area contributed by atoms with Gasteiger partial charge in [0, 0.05) is 67.5 Å². The standard InChI is InChI=1S/C43H51N3O11/c1-19-14-16-46-28(18-19)44-32-29-30-37(50)25(7)40-31(29)41(52)43(9,57-40)55-17-15-27(54-10)22(4)39(56-26(8)47)24(6)36(49)23(5)35(48)20(2)12-11-13-21(3)42(53)45-33(34(32)46)38(30)51/h11-18,20,22-24,27,32,35-36,39,48-50H,1-10H3,(H,45,53)/b12-11+,17-15+,21-13-/t20-,22+,23+,24+,27-,32?,35-,36+,39+,43-/m0/s1. The lowest BCUT2D eigenvalue weighted by Gasteiger charge is -2.38. The molecule has 0 saturated heterocycles. The number of carbonyl (C=O) groups is 4. The van der Waals surface area contributed by atoms with Gasteiger partial charge < -0.3 is 44.5 Å². The van der Waals surface area contributed by atoms with Crippen molar-refractivity contribution in [2.24, 2.45) is 28.7 Å². The van der Waals surface area contributed by atoms with Crippen LogP contribution in [-0.4, -0.2) is 86.8 Å². The van der Waals surface area contributed by atoms with Gasteiger partial charge in [0.15, 0.2) is 0 Å². The molecular formula is C43H51N3O11. The van der Waals surface area contributed by atoms with Crippen LogP contribution in [-0.2, 0) is 23.8 Å². The van der Waals surface area contributed by atoms with Crippen molar-refractivity contribution >= 4 is 29.3 Å². The molecule has 4 heterocycles. The number of hydrogen-bond donors (Lipinski definition) is 4. The number of allylic oxidation sites excluding steroid dienone is 5. The molecule has 4 aliphatic heterocycles. The lowest BCUT2D eigenvalue weighted by molar-refractivity contribution is -0.160. The summed E-state index contributed by atoms with van der Waals surface area (Å²) in [5.41, 5.74) is 1.35. The molecule has 1 aromatic carbocycles. The molecule has 1 unspecified atom stereocenters. The van der Waals surface area contributed by atoms with E-state index in [0.29, 0.717) is 11.5 Å². The Labute approximate surface area is 331 Å². The van der Waals surface area contributed by atoms with Crippen molar-refractivity contribution in [2.45, 2.75) is 98.6 Å². The van der Waals surface area contributed by atoms with E-state index in [2.05, 4.69) is 5.32 Å². The Hall–Kier alpha value is -5.31. The lowest BCUT2D eigenvalue weighted by atomic mass is 9.78. The third-order valence-electron chi connectivity index (χ3n) is 11.7. The first-order chi connectivity index (χ1) is 26.8. The number of Topliss-reactive ketones (excluding diaryl/α,β-unsaturated/α-hetero) is 2. The van der Waals surface area contributed by atoms with Crippen LogP contribution < -0.4 is 10.1 Å². The molecule has 14 heteroatoms. The highest BCUT2D eigenvalue weighted by atomic mass is 16.7. The number of nitrogens with zero attached hydrogens (tertiary/aromatic N) is 2. The first-order valence-electron chi connectivity index (χ1n) is 19.1. The first kappa shape index (κ1) is 41.3. The van der Waals surface area contributed by atoms with Crippen LogP contribution in [0.15, 0.2) is 76.5 Å². The number of phenols is 1. The number of benzene rings is 1. The number of aromatic hydroxyl groups is 1. The molecule has 4 N–H and O–H groups in total. The number of methoxy groups -OCH3 is 1. The number of fused-ring (bicyclic) bond motifs is 5. The SMILES string of the molecule is CO[C@H]1/C=C/O[C@@]2(C)Oc3c(C)c(O)c4c(c3C2=O)C2N=C3C=C(C)C=CN3C2=C(NC(=O)/C(C)=C\C=C\[C@H](C)[C@H](O)[C@@H](C)[C@@H](O)[C@@H](C)[C@H](OC(C)=O)[C@@H]1C)C4=O. The fourth-order valence-electron chi connectivity index (χ4n) is 8.22. The van der Waals surface area contributed by atoms with Gasteiger partial charge in [0.2, 0.25) is 5.78 Å². The van der Waals surface area contributed by atoms with Crippen molar-refractivity contribution in [1.29, 1.82) is 0 Å². The largest absolute Gasteiger partial charge is 0.507 e. The van der Waals surface area contributed by atoms with Crippen LogP contribution in [0.5, 0.6) is 11.5 Å². The maximum absolute atomic E-state index is 14.6. The zero-order chi connectivity index (χ0) is 41.8. The third-order valence-corrected chi connectivity index (χ3v) is 11.7. The minimum absolute atomic E-state index is 0.0156. The van der Waals surface area contributed by atoms with E-state index in [4.69, 9.17) is 23.9 Å². The number of phenolic OH excluding ortho intramolecular Hbond substituents is 1. The van der Waals surface area contributed by atoms with Gasteiger partial charge in [-0.3, -0.25) is 24.2 Å². The highest BCUT2D eigenvalue weighted by molar-refractivity contribution is 6.20. The summed E-state index contributed by atoms with van der Waals surface area (Å²) < 4.78 is 23.8. The number of nitrogens with one attached hydrogen (secondary N) is 1. The van der Waals surface area contributed by atoms with Gasteiger partial charge in [0.25, 0.3) is 11.7 Å². The van der Waals surface area contributed by atoms with Crippen LogP contribution in [0.3, 0.4) is 0 Å². The van der Waals surface area contributed by atoms with Gasteiger partial charge in [-0.15, -0.1) is 0 Å². The smallest absolute Gasteiger partial charge is 0.312 e. The van der Waals surface area contributed by atoms with Crippen molar-refractivity contribution in [3.63, 3.8) is 0 Å². The summed E-state index contributed by atoms with van der Waals surface area (Å²) in [7, 11) is 1.46. The monoisotopic (exact) mass is 785 g/mol. The van der Waals surface area contributed by atoms with E-state index in [1.54, 1.807) is 57.9 Å². The van der Waals surface area contributed by atoms with E-state index in [9.17, 15) is 34.5 Å². The van der Waals surface area contributed by atoms with Gasteiger partial charge in [-0.25, -0.2) is 0 Å². The van der Waals surface area contributed by atoms with E-state index in [1.807, 2.05) is 19.1 Å². The van der Waals surface area contributed by atoms with Crippen LogP contribution >= 0.6 is 0 Å². The van der Waals surface area contributed by atoms with Gasteiger partial charge in [-0.2, -0.15) is 0 Å². The average Bonchev–Trinajstić information content (AvgIpc) is 3.67. The molecule has 304 valence electrons. The van der Waals surface area contributed by atoms with Gasteiger partial charge in [-0.05, 0) is 44.6 Å². The van der Waals surface area contributed by atoms with Crippen LogP contribution in [0.2, 0.25) is 0 Å². The van der Waals surface area contributed by atoms with Crippen LogP contribution in [0.25, 0.3) is 0 Å². The summed E-state index contributed by atoms with van der Waals surface area (Å²) in [6.45, 7) is 14.6. The number of ketones is 2. The molecule has 0 radical (unpaired) electrons. The number of rotatable bonds is 2. The van der Waals surface area contributed by atoms with Crippen molar-refractivity contribution in [1.82, 2.24) is 10.2 Å². The van der Waals surface area contributed by atoms with Crippen molar-refractivity contribution in [2.75, 3.05) is 7.11 Å². The molecule has 10 atom stereocenters. The Morgan fingerprint density at radius 1 is 1.00 bits per heavy atom.